The molecule has 3 aromatic rings. The molecule has 9 heteroatoms. The fourth-order valence-electron chi connectivity index (χ4n) is 3.14. The van der Waals surface area contributed by atoms with E-state index < -0.39 is 0 Å². The fraction of sp³-hybridized carbons (Fsp3) is 0.261. The summed E-state index contributed by atoms with van der Waals surface area (Å²) >= 11 is 13.2. The van der Waals surface area contributed by atoms with Crippen LogP contribution in [0.3, 0.4) is 0 Å². The van der Waals surface area contributed by atoms with Crippen LogP contribution in [0.1, 0.15) is 22.4 Å². The molecule has 0 unspecified atom stereocenters. The highest BCUT2D eigenvalue weighted by Gasteiger charge is 2.15. The quantitative estimate of drug-likeness (QED) is 0.368. The summed E-state index contributed by atoms with van der Waals surface area (Å²) in [6.45, 7) is 2.14. The molecule has 1 aromatic heterocycles. The summed E-state index contributed by atoms with van der Waals surface area (Å²) < 4.78 is 15.4. The van der Waals surface area contributed by atoms with E-state index in [9.17, 15) is 14.0 Å². The Morgan fingerprint density at radius 3 is 2.66 bits per heavy atom. The molecular formula is C23H22Cl2FN3O2S. The second kappa shape index (κ2) is 11.0. The topological polar surface area (TPSA) is 64.0 Å². The molecule has 0 aliphatic carbocycles. The molecule has 0 aliphatic heterocycles. The highest BCUT2D eigenvalue weighted by Crippen LogP contribution is 2.21. The van der Waals surface area contributed by atoms with Gasteiger partial charge in [-0.25, -0.2) is 9.37 Å². The molecule has 3 rings (SSSR count). The van der Waals surface area contributed by atoms with E-state index in [1.54, 1.807) is 44.3 Å². The molecule has 0 fully saturated rings. The van der Waals surface area contributed by atoms with Gasteiger partial charge in [-0.1, -0.05) is 59.2 Å². The Hall–Kier alpha value is -2.35. The van der Waals surface area contributed by atoms with Gasteiger partial charge in [0.15, 0.2) is 5.16 Å². The van der Waals surface area contributed by atoms with Gasteiger partial charge in [0.2, 0.25) is 5.91 Å². The number of hydrogen-bond donors (Lipinski definition) is 1. The first-order valence-corrected chi connectivity index (χ1v) is 11.6. The Labute approximate surface area is 200 Å². The second-order valence-electron chi connectivity index (χ2n) is 7.22. The van der Waals surface area contributed by atoms with Gasteiger partial charge in [-0.05, 0) is 42.7 Å². The van der Waals surface area contributed by atoms with Crippen LogP contribution < -0.4 is 10.9 Å². The molecule has 1 N–H and O–H groups in total. The van der Waals surface area contributed by atoms with Crippen molar-refractivity contribution in [3.63, 3.8) is 0 Å². The first-order chi connectivity index (χ1) is 15.3. The molecule has 1 heterocycles. The lowest BCUT2D eigenvalue weighted by molar-refractivity contribution is -0.118. The third-order valence-electron chi connectivity index (χ3n) is 4.94. The predicted molar refractivity (Wildman–Crippen MR) is 127 cm³/mol. The number of nitrogens with zero attached hydrogens (tertiary/aromatic N) is 2. The van der Waals surface area contributed by atoms with E-state index in [1.165, 1.54) is 22.4 Å². The third kappa shape index (κ3) is 6.12. The summed E-state index contributed by atoms with van der Waals surface area (Å²) in [6, 6.07) is 11.6. The molecule has 0 bridgehead atoms. The van der Waals surface area contributed by atoms with Crippen molar-refractivity contribution >= 4 is 40.9 Å². The van der Waals surface area contributed by atoms with E-state index >= 15 is 0 Å². The number of thioether (sulfide) groups is 1. The van der Waals surface area contributed by atoms with E-state index in [-0.39, 0.29) is 29.5 Å². The first kappa shape index (κ1) is 24.3. The van der Waals surface area contributed by atoms with Crippen LogP contribution in [0.15, 0.2) is 52.4 Å². The van der Waals surface area contributed by atoms with Crippen molar-refractivity contribution in [3.8, 4) is 0 Å². The van der Waals surface area contributed by atoms with Crippen LogP contribution in [-0.2, 0) is 24.7 Å². The number of carbonyl (C=O) groups excluding carboxylic acids is 1. The van der Waals surface area contributed by atoms with Crippen molar-refractivity contribution in [2.24, 2.45) is 7.05 Å². The maximum absolute atomic E-state index is 14.0. The van der Waals surface area contributed by atoms with Gasteiger partial charge >= 0.3 is 0 Å². The van der Waals surface area contributed by atoms with E-state index in [4.69, 9.17) is 23.2 Å². The molecule has 168 valence electrons. The van der Waals surface area contributed by atoms with Crippen molar-refractivity contribution in [2.45, 2.75) is 24.9 Å². The Kier molecular flexibility index (Phi) is 8.34. The van der Waals surface area contributed by atoms with Gasteiger partial charge in [0.05, 0.1) is 5.75 Å². The SMILES string of the molecule is Cc1nc(SCC(=O)NCCc2ccc(Cl)cc2Cl)n(C)c(=O)c1Cc1ccccc1F. The molecule has 0 aliphatic rings. The highest BCUT2D eigenvalue weighted by molar-refractivity contribution is 7.99. The zero-order chi connectivity index (χ0) is 23.3. The zero-order valence-corrected chi connectivity index (χ0v) is 20.0. The van der Waals surface area contributed by atoms with E-state index in [2.05, 4.69) is 10.3 Å². The highest BCUT2D eigenvalue weighted by atomic mass is 35.5. The zero-order valence-electron chi connectivity index (χ0n) is 17.6. The smallest absolute Gasteiger partial charge is 0.257 e. The van der Waals surface area contributed by atoms with Crippen LogP contribution in [0.2, 0.25) is 10.0 Å². The Morgan fingerprint density at radius 2 is 1.94 bits per heavy atom. The number of aromatic nitrogens is 2. The maximum atomic E-state index is 14.0. The van der Waals surface area contributed by atoms with E-state index in [0.29, 0.717) is 45.0 Å². The Balaban J connectivity index is 1.59. The van der Waals surface area contributed by atoms with E-state index in [1.807, 2.05) is 6.07 Å². The molecular weight excluding hydrogens is 472 g/mol. The number of benzene rings is 2. The van der Waals surface area contributed by atoms with Crippen LogP contribution in [0.4, 0.5) is 4.39 Å². The average Bonchev–Trinajstić information content (AvgIpc) is 2.75. The number of aryl methyl sites for hydroxylation is 1. The Morgan fingerprint density at radius 1 is 1.19 bits per heavy atom. The summed E-state index contributed by atoms with van der Waals surface area (Å²) in [5.41, 5.74) is 2.05. The molecule has 0 saturated carbocycles. The molecule has 32 heavy (non-hydrogen) atoms. The minimum atomic E-state index is -0.357. The van der Waals surface area contributed by atoms with Gasteiger partial charge in [-0.2, -0.15) is 0 Å². The van der Waals surface area contributed by atoms with Crippen LogP contribution >= 0.6 is 35.0 Å². The maximum Gasteiger partial charge on any atom is 0.257 e. The summed E-state index contributed by atoms with van der Waals surface area (Å²) in [6.07, 6.45) is 0.740. The third-order valence-corrected chi connectivity index (χ3v) is 6.56. The average molecular weight is 494 g/mol. The van der Waals surface area contributed by atoms with Crippen molar-refractivity contribution in [1.82, 2.24) is 14.9 Å². The molecule has 0 saturated heterocycles. The van der Waals surface area contributed by atoms with Gasteiger partial charge in [-0.15, -0.1) is 0 Å². The molecule has 5 nitrogen and oxygen atoms in total. The molecule has 2 aromatic carbocycles. The van der Waals surface area contributed by atoms with Crippen molar-refractivity contribution in [2.75, 3.05) is 12.3 Å². The molecule has 0 spiro atoms. The van der Waals surface area contributed by atoms with Gasteiger partial charge in [0.1, 0.15) is 5.82 Å². The number of hydrogen-bond acceptors (Lipinski definition) is 4. The molecule has 0 atom stereocenters. The number of halogens is 3. The minimum absolute atomic E-state index is 0.112. The standard InChI is InChI=1S/C23H22Cl2FN3O2S/c1-14-18(11-16-5-3-4-6-20(16)26)22(31)29(2)23(28-14)32-13-21(30)27-10-9-15-7-8-17(24)12-19(15)25/h3-8,12H,9-11,13H2,1-2H3,(H,27,30). The lowest BCUT2D eigenvalue weighted by Crippen LogP contribution is -2.29. The van der Waals surface area contributed by atoms with Crippen molar-refractivity contribution < 1.29 is 9.18 Å². The minimum Gasteiger partial charge on any atom is -0.355 e. The number of rotatable bonds is 8. The first-order valence-electron chi connectivity index (χ1n) is 9.89. The van der Waals surface area contributed by atoms with Gasteiger partial charge in [0.25, 0.3) is 5.56 Å². The number of amides is 1. The van der Waals surface area contributed by atoms with Gasteiger partial charge in [0, 0.05) is 41.3 Å². The largest absolute Gasteiger partial charge is 0.355 e. The summed E-state index contributed by atoms with van der Waals surface area (Å²) in [4.78, 5) is 29.5. The lowest BCUT2D eigenvalue weighted by Gasteiger charge is -2.12. The molecule has 0 radical (unpaired) electrons. The lowest BCUT2D eigenvalue weighted by atomic mass is 10.0. The summed E-state index contributed by atoms with van der Waals surface area (Å²) in [5.74, 6) is -0.424. The van der Waals surface area contributed by atoms with Crippen molar-refractivity contribution in [3.05, 3.63) is 91.1 Å². The fourth-order valence-corrected chi connectivity index (χ4v) is 4.48. The normalized spacial score (nSPS) is 10.9. The van der Waals surface area contributed by atoms with Gasteiger partial charge in [-0.3, -0.25) is 14.2 Å². The van der Waals surface area contributed by atoms with Crippen LogP contribution in [0.5, 0.6) is 0 Å². The summed E-state index contributed by atoms with van der Waals surface area (Å²) in [5, 5.41) is 4.39. The van der Waals surface area contributed by atoms with Crippen molar-refractivity contribution in [1.29, 1.82) is 0 Å². The number of carbonyl (C=O) groups is 1. The monoisotopic (exact) mass is 493 g/mol. The Bertz CT molecular complexity index is 1200. The van der Waals surface area contributed by atoms with Crippen LogP contribution in [-0.4, -0.2) is 27.8 Å². The predicted octanol–water partition coefficient (Wildman–Crippen LogP) is 4.58. The van der Waals surface area contributed by atoms with Crippen LogP contribution in [0.25, 0.3) is 0 Å². The second-order valence-corrected chi connectivity index (χ2v) is 9.00. The van der Waals surface area contributed by atoms with E-state index in [0.717, 1.165) is 5.56 Å². The molecule has 1 amide bonds. The van der Waals surface area contributed by atoms with Crippen LogP contribution in [0, 0.1) is 12.7 Å². The van der Waals surface area contributed by atoms with Gasteiger partial charge < -0.3 is 5.32 Å². The number of nitrogens with one attached hydrogen (secondary N) is 1. The summed E-state index contributed by atoms with van der Waals surface area (Å²) in [7, 11) is 1.60.